The SMILES string of the molecule is CC.C[Si](C)(C)C.Cc1ccc(-c2ccc(-c3ccccc3)cc2)cc1.[2H]C1(c2ccc(-c3ccc(C)cc3)cc2)CCC(C)(C)CC1.[2H]C1(c2ccc(C)cc2)CCC(C)(C)CC1.[CH3][Ge]([CH3])([CH3])[CH3]. The van der Waals surface area contributed by atoms with E-state index in [0.29, 0.717) is 10.8 Å². The first kappa shape index (κ1) is 54.0. The number of hydrogen-bond donors (Lipinski definition) is 0. The van der Waals surface area contributed by atoms with Crippen LogP contribution in [0.3, 0.4) is 0 Å². The van der Waals surface area contributed by atoms with E-state index < -0.39 is 21.3 Å². The molecule has 362 valence electrons. The van der Waals surface area contributed by atoms with Crippen LogP contribution in [-0.2, 0) is 0 Å². The Kier molecular flexibility index (Phi) is 22.0. The molecule has 6 aromatic carbocycles. The first-order chi connectivity index (χ1) is 32.1. The van der Waals surface area contributed by atoms with Crippen molar-refractivity contribution in [2.45, 2.75) is 175 Å². The Morgan fingerprint density at radius 1 is 0.388 bits per heavy atom. The molecule has 2 aliphatic carbocycles. The first-order valence-corrected chi connectivity index (χ1v) is 38.0. The van der Waals surface area contributed by atoms with Gasteiger partial charge in [0.15, 0.2) is 0 Å². The molecule has 2 heteroatoms. The van der Waals surface area contributed by atoms with Crippen LogP contribution in [0.15, 0.2) is 152 Å². The van der Waals surface area contributed by atoms with Crippen LogP contribution in [-0.4, -0.2) is 21.3 Å². The molecule has 0 bridgehead atoms. The Morgan fingerprint density at radius 3 is 0.851 bits per heavy atom. The monoisotopic (exact) mass is 979 g/mol. The summed E-state index contributed by atoms with van der Waals surface area (Å²) in [6, 6.07) is 53.7. The summed E-state index contributed by atoms with van der Waals surface area (Å²) in [6.07, 6.45) is 8.60. The molecular weight excluding hydrogens is 881 g/mol. The summed E-state index contributed by atoms with van der Waals surface area (Å²) >= 11 is -1.00. The molecule has 0 aliphatic heterocycles. The van der Waals surface area contributed by atoms with Gasteiger partial charge in [-0.3, -0.25) is 0 Å². The van der Waals surface area contributed by atoms with Crippen LogP contribution in [0.4, 0.5) is 0 Å². The van der Waals surface area contributed by atoms with Crippen molar-refractivity contribution in [2.24, 2.45) is 10.8 Å². The second kappa shape index (κ2) is 27.3. The Morgan fingerprint density at radius 2 is 0.582 bits per heavy atom. The summed E-state index contributed by atoms with van der Waals surface area (Å²) in [5.74, 6) is 8.78. The van der Waals surface area contributed by atoms with E-state index in [4.69, 9.17) is 2.74 Å². The van der Waals surface area contributed by atoms with Gasteiger partial charge in [0.05, 0.1) is 0 Å². The topological polar surface area (TPSA) is 0 Å². The second-order valence-electron chi connectivity index (χ2n) is 23.7. The Labute approximate surface area is 420 Å². The van der Waals surface area contributed by atoms with Crippen molar-refractivity contribution in [1.82, 2.24) is 0 Å². The summed E-state index contributed by atoms with van der Waals surface area (Å²) in [5.41, 5.74) is 14.6. The van der Waals surface area contributed by atoms with Gasteiger partial charge in [-0.15, -0.1) is 0 Å². The molecule has 0 amide bonds. The molecule has 0 nitrogen and oxygen atoms in total. The first-order valence-electron chi connectivity index (χ1n) is 26.6. The van der Waals surface area contributed by atoms with Gasteiger partial charge >= 0.3 is 36.3 Å². The van der Waals surface area contributed by atoms with Crippen LogP contribution in [0.5, 0.6) is 0 Å². The molecule has 2 fully saturated rings. The van der Waals surface area contributed by atoms with Crippen molar-refractivity contribution in [3.05, 3.63) is 179 Å². The molecule has 0 atom stereocenters. The number of rotatable bonds is 5. The Hall–Kier alpha value is -3.92. The van der Waals surface area contributed by atoms with E-state index in [1.165, 1.54) is 74.0 Å². The van der Waals surface area contributed by atoms with Crippen molar-refractivity contribution in [1.29, 1.82) is 0 Å². The molecule has 0 radical (unpaired) electrons. The zero-order valence-electron chi connectivity index (χ0n) is 47.6. The van der Waals surface area contributed by atoms with Crippen molar-refractivity contribution < 1.29 is 2.74 Å². The molecule has 0 spiro atoms. The van der Waals surface area contributed by atoms with E-state index in [0.717, 1.165) is 38.5 Å². The van der Waals surface area contributed by atoms with Crippen molar-refractivity contribution in [3.8, 4) is 33.4 Å². The Balaban J connectivity index is 0.000000247. The molecule has 67 heavy (non-hydrogen) atoms. The van der Waals surface area contributed by atoms with Crippen LogP contribution < -0.4 is 0 Å². The molecule has 0 unspecified atom stereocenters. The van der Waals surface area contributed by atoms with Gasteiger partial charge in [-0.2, -0.15) is 0 Å². The van der Waals surface area contributed by atoms with E-state index in [1.54, 1.807) is 0 Å². The predicted molar refractivity (Wildman–Crippen MR) is 310 cm³/mol. The average molecular weight is 978 g/mol. The maximum absolute atomic E-state index is 8.84. The van der Waals surface area contributed by atoms with Gasteiger partial charge in [0.25, 0.3) is 0 Å². The molecule has 0 N–H and O–H groups in total. The third-order valence-electron chi connectivity index (χ3n) is 11.9. The molecule has 8 rings (SSSR count). The fourth-order valence-corrected chi connectivity index (χ4v) is 7.70. The fourth-order valence-electron chi connectivity index (χ4n) is 7.70. The van der Waals surface area contributed by atoms with Crippen LogP contribution in [0.2, 0.25) is 49.2 Å². The van der Waals surface area contributed by atoms with Crippen LogP contribution in [0, 0.1) is 31.6 Å². The minimum atomic E-state index is -1.00. The molecule has 2 saturated carbocycles. The number of hydrogen-bond acceptors (Lipinski definition) is 0. The molecule has 2 aliphatic rings. The fraction of sp³-hybridized carbons (Fsp3) is 0.446. The van der Waals surface area contributed by atoms with Gasteiger partial charge in [-0.25, -0.2) is 0 Å². The van der Waals surface area contributed by atoms with Crippen LogP contribution >= 0.6 is 0 Å². The zero-order valence-corrected chi connectivity index (χ0v) is 48.7. The predicted octanol–water partition coefficient (Wildman–Crippen LogP) is 21.3. The van der Waals surface area contributed by atoms with E-state index in [-0.39, 0.29) is 11.8 Å². The van der Waals surface area contributed by atoms with Gasteiger partial charge in [-0.1, -0.05) is 236 Å². The van der Waals surface area contributed by atoms with Gasteiger partial charge in [0.1, 0.15) is 0 Å². The molecule has 6 aromatic rings. The van der Waals surface area contributed by atoms with Gasteiger partial charge in [0.2, 0.25) is 0 Å². The van der Waals surface area contributed by atoms with E-state index in [9.17, 15) is 0 Å². The zero-order chi connectivity index (χ0) is 51.7. The summed E-state index contributed by atoms with van der Waals surface area (Å²) in [4.78, 5) is 0. The van der Waals surface area contributed by atoms with E-state index in [2.05, 4.69) is 243 Å². The minimum absolute atomic E-state index is 0.330. The summed E-state index contributed by atoms with van der Waals surface area (Å²) in [6.45, 7) is 28.9. The summed E-state index contributed by atoms with van der Waals surface area (Å²) < 4.78 is 17.5. The maximum atomic E-state index is 8.84. The molecule has 0 aromatic heterocycles. The molecular formula is C65H94GeSi. The third kappa shape index (κ3) is 23.3. The second-order valence-corrected chi connectivity index (χ2v) is 42.2. The van der Waals surface area contributed by atoms with Crippen molar-refractivity contribution in [3.63, 3.8) is 0 Å². The number of aryl methyl sites for hydroxylation is 3. The summed E-state index contributed by atoms with van der Waals surface area (Å²) in [7, 11) is -0.611. The van der Waals surface area contributed by atoms with Gasteiger partial charge in [-0.05, 0) is 139 Å². The number of benzene rings is 6. The standard InChI is InChI=1S/C21H26.C19H16.C15H22.C4H12Ge.C4H12Si.C2H6/c1-16-4-6-17(7-5-16)18-8-10-19(11-9-18)20-12-14-21(2,3)15-13-20;1-15-7-9-17(10-8-15)19-13-11-18(12-14-19)16-5-3-2-4-6-16;1-12-4-6-13(7-5-12)14-8-10-15(2,3)11-9-14;2*1-5(2,3)4;1-2/h4-11,20H,12-15H2,1-3H3;2-14H,1H3;4-7,14H,8-11H2,1-3H3;2*1-4H3;1-2H3/i20D;;14D;;;. The van der Waals surface area contributed by atoms with E-state index in [1.807, 2.05) is 19.9 Å². The van der Waals surface area contributed by atoms with E-state index >= 15 is 0 Å². The van der Waals surface area contributed by atoms with Crippen molar-refractivity contribution in [2.75, 3.05) is 0 Å². The third-order valence-corrected chi connectivity index (χ3v) is 11.9. The van der Waals surface area contributed by atoms with Crippen LogP contribution in [0.25, 0.3) is 33.4 Å². The molecule has 0 saturated heterocycles. The Bertz CT molecular complexity index is 2300. The quantitative estimate of drug-likeness (QED) is 0.151. The molecule has 0 heterocycles. The average Bonchev–Trinajstić information content (AvgIpc) is 3.30. The van der Waals surface area contributed by atoms with Crippen molar-refractivity contribution >= 4 is 21.3 Å². The summed E-state index contributed by atoms with van der Waals surface area (Å²) in [5, 5.41) is 0. The van der Waals surface area contributed by atoms with Gasteiger partial charge in [0, 0.05) is 10.8 Å². The van der Waals surface area contributed by atoms with Crippen LogP contribution in [0.1, 0.15) is 135 Å². The normalized spacial score (nSPS) is 16.9. The van der Waals surface area contributed by atoms with Gasteiger partial charge < -0.3 is 0 Å².